The van der Waals surface area contributed by atoms with Crippen molar-refractivity contribution in [3.63, 3.8) is 0 Å². The maximum absolute atomic E-state index is 11.5. The Bertz CT molecular complexity index is 723. The summed E-state index contributed by atoms with van der Waals surface area (Å²) in [5, 5.41) is 3.62. The molecule has 2 rings (SSSR count). The fourth-order valence-electron chi connectivity index (χ4n) is 2.15. The third-order valence-corrected chi connectivity index (χ3v) is 3.15. The van der Waals surface area contributed by atoms with Gasteiger partial charge in [0.15, 0.2) is 6.29 Å². The van der Waals surface area contributed by atoms with Crippen LogP contribution in [0.15, 0.2) is 30.5 Å². The van der Waals surface area contributed by atoms with Crippen molar-refractivity contribution in [3.05, 3.63) is 41.6 Å². The first kappa shape index (κ1) is 16.8. The minimum absolute atomic E-state index is 0.407. The summed E-state index contributed by atoms with van der Waals surface area (Å²) in [5.41, 5.74) is 2.12. The lowest BCUT2D eigenvalue weighted by molar-refractivity contribution is 0.0528. The van der Waals surface area contributed by atoms with Crippen LogP contribution < -0.4 is 5.32 Å². The summed E-state index contributed by atoms with van der Waals surface area (Å²) in [6.07, 6.45) is 6.79. The normalized spacial score (nSPS) is 11.8. The number of benzene rings is 1. The van der Waals surface area contributed by atoms with Gasteiger partial charge >= 0.3 is 6.09 Å². The summed E-state index contributed by atoms with van der Waals surface area (Å²) < 4.78 is 5.16. The van der Waals surface area contributed by atoms with Crippen molar-refractivity contribution >= 4 is 29.4 Å². The molecular weight excluding hydrogens is 292 g/mol. The molecule has 0 bridgehead atoms. The zero-order chi connectivity index (χ0) is 16.9. The van der Waals surface area contributed by atoms with E-state index in [9.17, 15) is 9.59 Å². The molecule has 1 amide bonds. The highest BCUT2D eigenvalue weighted by Crippen LogP contribution is 2.19. The lowest BCUT2D eigenvalue weighted by atomic mass is 10.1. The third kappa shape index (κ3) is 4.98. The number of rotatable bonds is 5. The average molecular weight is 314 g/mol. The van der Waals surface area contributed by atoms with Crippen molar-refractivity contribution in [3.8, 4) is 0 Å². The number of carbonyl (C=O) groups is 2. The topological polar surface area (TPSA) is 71.2 Å². The molecule has 0 saturated carbocycles. The van der Waals surface area contributed by atoms with E-state index in [0.717, 1.165) is 22.8 Å². The third-order valence-electron chi connectivity index (χ3n) is 3.15. The molecule has 5 nitrogen and oxygen atoms in total. The number of nitrogens with one attached hydrogen (secondary N) is 2. The number of fused-ring (bicyclic) bond motifs is 1. The predicted molar refractivity (Wildman–Crippen MR) is 91.6 cm³/mol. The number of aromatic nitrogens is 1. The molecule has 1 aromatic heterocycles. The second-order valence-corrected chi connectivity index (χ2v) is 6.29. The van der Waals surface area contributed by atoms with Crippen molar-refractivity contribution in [2.75, 3.05) is 6.54 Å². The Morgan fingerprint density at radius 3 is 2.83 bits per heavy atom. The van der Waals surface area contributed by atoms with Gasteiger partial charge in [-0.3, -0.25) is 4.79 Å². The Balaban J connectivity index is 1.86. The van der Waals surface area contributed by atoms with Gasteiger partial charge in [0.05, 0.1) is 0 Å². The van der Waals surface area contributed by atoms with Crippen molar-refractivity contribution in [2.24, 2.45) is 0 Å². The van der Waals surface area contributed by atoms with Gasteiger partial charge in [0, 0.05) is 29.2 Å². The Labute approximate surface area is 135 Å². The molecule has 0 unspecified atom stereocenters. The lowest BCUT2D eigenvalue weighted by Crippen LogP contribution is -2.32. The van der Waals surface area contributed by atoms with Crippen molar-refractivity contribution in [1.82, 2.24) is 10.3 Å². The second kappa shape index (κ2) is 7.13. The summed E-state index contributed by atoms with van der Waals surface area (Å²) in [5.74, 6) is 0. The number of aldehydes is 1. The van der Waals surface area contributed by atoms with E-state index in [2.05, 4.69) is 10.3 Å². The quantitative estimate of drug-likeness (QED) is 0.649. The molecule has 0 radical (unpaired) electrons. The van der Waals surface area contributed by atoms with E-state index in [1.165, 1.54) is 0 Å². The van der Waals surface area contributed by atoms with Gasteiger partial charge in [-0.15, -0.1) is 0 Å². The molecule has 1 aromatic carbocycles. The highest BCUT2D eigenvalue weighted by molar-refractivity contribution is 5.98. The minimum Gasteiger partial charge on any atom is -0.444 e. The van der Waals surface area contributed by atoms with Gasteiger partial charge in [0.2, 0.25) is 0 Å². The SMILES string of the molecule is CC(C)(C)OC(=O)NCCC=Cc1ccc2[nH]cc(C=O)c2c1. The number of hydrogen-bond donors (Lipinski definition) is 2. The molecule has 0 aliphatic carbocycles. The molecule has 0 fully saturated rings. The van der Waals surface area contributed by atoms with E-state index >= 15 is 0 Å². The summed E-state index contributed by atoms with van der Waals surface area (Å²) in [6, 6.07) is 5.89. The van der Waals surface area contributed by atoms with Crippen LogP contribution in [0.5, 0.6) is 0 Å². The van der Waals surface area contributed by atoms with E-state index in [0.29, 0.717) is 18.5 Å². The van der Waals surface area contributed by atoms with Crippen molar-refractivity contribution < 1.29 is 14.3 Å². The Morgan fingerprint density at radius 2 is 2.13 bits per heavy atom. The lowest BCUT2D eigenvalue weighted by Gasteiger charge is -2.19. The van der Waals surface area contributed by atoms with E-state index in [1.807, 2.05) is 51.1 Å². The largest absolute Gasteiger partial charge is 0.444 e. The molecular formula is C18H22N2O3. The van der Waals surface area contributed by atoms with Gasteiger partial charge < -0.3 is 15.0 Å². The summed E-state index contributed by atoms with van der Waals surface area (Å²) >= 11 is 0. The molecule has 2 N–H and O–H groups in total. The van der Waals surface area contributed by atoms with Crippen LogP contribution in [0, 0.1) is 0 Å². The Kier molecular flexibility index (Phi) is 5.21. The molecule has 0 aliphatic heterocycles. The van der Waals surface area contributed by atoms with Gasteiger partial charge in [-0.25, -0.2) is 4.79 Å². The highest BCUT2D eigenvalue weighted by Gasteiger charge is 2.15. The zero-order valence-corrected chi connectivity index (χ0v) is 13.7. The van der Waals surface area contributed by atoms with Crippen molar-refractivity contribution in [2.45, 2.75) is 32.8 Å². The first-order valence-corrected chi connectivity index (χ1v) is 7.59. The van der Waals surface area contributed by atoms with Crippen LogP contribution in [-0.2, 0) is 4.74 Å². The first-order chi connectivity index (χ1) is 10.9. The second-order valence-electron chi connectivity index (χ2n) is 6.29. The number of H-pyrrole nitrogens is 1. The number of hydrogen-bond acceptors (Lipinski definition) is 3. The molecule has 5 heteroatoms. The summed E-state index contributed by atoms with van der Waals surface area (Å²) in [4.78, 5) is 25.5. The standard InChI is InChI=1S/C18H22N2O3/c1-18(2,3)23-17(22)19-9-5-4-6-13-7-8-16-15(10-13)14(12-21)11-20-16/h4,6-8,10-12,20H,5,9H2,1-3H3,(H,19,22). The van der Waals surface area contributed by atoms with Crippen LogP contribution in [0.1, 0.15) is 43.1 Å². The van der Waals surface area contributed by atoms with E-state index in [-0.39, 0.29) is 0 Å². The van der Waals surface area contributed by atoms with Gasteiger partial charge in [-0.05, 0) is 44.9 Å². The molecule has 122 valence electrons. The molecule has 0 saturated heterocycles. The van der Waals surface area contributed by atoms with Gasteiger partial charge in [-0.2, -0.15) is 0 Å². The molecule has 2 aromatic rings. The van der Waals surface area contributed by atoms with Crippen LogP contribution >= 0.6 is 0 Å². The van der Waals surface area contributed by atoms with E-state index in [4.69, 9.17) is 4.74 Å². The fraction of sp³-hybridized carbons (Fsp3) is 0.333. The van der Waals surface area contributed by atoms with Crippen LogP contribution in [0.2, 0.25) is 0 Å². The molecule has 23 heavy (non-hydrogen) atoms. The summed E-state index contributed by atoms with van der Waals surface area (Å²) in [6.45, 7) is 6.00. The van der Waals surface area contributed by atoms with E-state index in [1.54, 1.807) is 6.20 Å². The molecule has 0 spiro atoms. The maximum atomic E-state index is 11.5. The number of ether oxygens (including phenoxy) is 1. The number of alkyl carbamates (subject to hydrolysis) is 1. The first-order valence-electron chi connectivity index (χ1n) is 7.59. The Hall–Kier alpha value is -2.56. The average Bonchev–Trinajstić information content (AvgIpc) is 2.87. The van der Waals surface area contributed by atoms with Gasteiger partial charge in [0.25, 0.3) is 0 Å². The van der Waals surface area contributed by atoms with Gasteiger partial charge in [-0.1, -0.05) is 18.2 Å². The van der Waals surface area contributed by atoms with Crippen LogP contribution in [-0.4, -0.2) is 29.5 Å². The highest BCUT2D eigenvalue weighted by atomic mass is 16.6. The molecule has 0 atom stereocenters. The summed E-state index contributed by atoms with van der Waals surface area (Å²) in [7, 11) is 0. The number of amides is 1. The Morgan fingerprint density at radius 1 is 1.35 bits per heavy atom. The van der Waals surface area contributed by atoms with Gasteiger partial charge in [0.1, 0.15) is 5.60 Å². The minimum atomic E-state index is -0.484. The molecule has 0 aliphatic rings. The number of carbonyl (C=O) groups excluding carboxylic acids is 2. The smallest absolute Gasteiger partial charge is 0.407 e. The zero-order valence-electron chi connectivity index (χ0n) is 13.7. The van der Waals surface area contributed by atoms with Crippen LogP contribution in [0.3, 0.4) is 0 Å². The predicted octanol–water partition coefficient (Wildman–Crippen LogP) is 3.91. The van der Waals surface area contributed by atoms with Crippen LogP contribution in [0.25, 0.3) is 17.0 Å². The monoisotopic (exact) mass is 314 g/mol. The van der Waals surface area contributed by atoms with E-state index < -0.39 is 11.7 Å². The number of aromatic amines is 1. The van der Waals surface area contributed by atoms with Crippen molar-refractivity contribution in [1.29, 1.82) is 0 Å². The maximum Gasteiger partial charge on any atom is 0.407 e. The van der Waals surface area contributed by atoms with Crippen LogP contribution in [0.4, 0.5) is 4.79 Å². The fourth-order valence-corrected chi connectivity index (χ4v) is 2.15. The molecule has 1 heterocycles.